The van der Waals surface area contributed by atoms with Crippen LogP contribution in [0.2, 0.25) is 0 Å². The zero-order valence-electron chi connectivity index (χ0n) is 15.0. The average Bonchev–Trinajstić information content (AvgIpc) is 2.72. The summed E-state index contributed by atoms with van der Waals surface area (Å²) in [6, 6.07) is 31.1. The molecule has 3 aromatic rings. The van der Waals surface area contributed by atoms with Gasteiger partial charge in [-0.25, -0.2) is 0 Å². The van der Waals surface area contributed by atoms with Gasteiger partial charge in [-0.3, -0.25) is 0 Å². The first-order valence-corrected chi connectivity index (χ1v) is 11.6. The van der Waals surface area contributed by atoms with Crippen LogP contribution in [0.15, 0.2) is 105 Å². The molecule has 1 aliphatic carbocycles. The molecule has 26 heavy (non-hydrogen) atoms. The Kier molecular flexibility index (Phi) is 6.03. The molecule has 1 aliphatic rings. The molecule has 0 aromatic heterocycles. The summed E-state index contributed by atoms with van der Waals surface area (Å²) < 4.78 is 0. The Labute approximate surface area is 164 Å². The monoisotopic (exact) mass is 377 g/mol. The fraction of sp³-hybridized carbons (Fsp3) is 0.250. The van der Waals surface area contributed by atoms with Crippen molar-refractivity contribution in [1.29, 1.82) is 0 Å². The van der Waals surface area contributed by atoms with E-state index in [4.69, 9.17) is 0 Å². The van der Waals surface area contributed by atoms with Gasteiger partial charge in [0.1, 0.15) is 5.25 Å². The first-order valence-electron chi connectivity index (χ1n) is 9.51. The fourth-order valence-electron chi connectivity index (χ4n) is 3.67. The van der Waals surface area contributed by atoms with Crippen LogP contribution in [0.25, 0.3) is 0 Å². The van der Waals surface area contributed by atoms with Crippen LogP contribution < -0.4 is 0 Å². The van der Waals surface area contributed by atoms with Crippen LogP contribution in [-0.2, 0) is 10.9 Å². The zero-order chi connectivity index (χ0) is 17.6. The van der Waals surface area contributed by atoms with E-state index in [1.165, 1.54) is 51.7 Å². The molecule has 3 aromatic carbocycles. The van der Waals surface area contributed by atoms with Gasteiger partial charge in [-0.2, -0.15) is 0 Å². The van der Waals surface area contributed by atoms with Crippen LogP contribution in [0.5, 0.6) is 0 Å². The third-order valence-electron chi connectivity index (χ3n) is 4.94. The van der Waals surface area contributed by atoms with Crippen molar-refractivity contribution in [1.82, 2.24) is 0 Å². The lowest BCUT2D eigenvalue weighted by Crippen LogP contribution is -2.24. The molecule has 2 heteroatoms. The largest absolute Gasteiger partial charge is 0.161 e. The van der Waals surface area contributed by atoms with Crippen molar-refractivity contribution in [2.24, 2.45) is 0 Å². The summed E-state index contributed by atoms with van der Waals surface area (Å²) in [6.07, 6.45) is 6.94. The highest BCUT2D eigenvalue weighted by Gasteiger charge is 2.36. The third-order valence-corrected chi connectivity index (χ3v) is 8.65. The van der Waals surface area contributed by atoms with Crippen molar-refractivity contribution in [3.63, 3.8) is 0 Å². The van der Waals surface area contributed by atoms with Gasteiger partial charge >= 0.3 is 0 Å². The van der Waals surface area contributed by atoms with Gasteiger partial charge in [0.15, 0.2) is 9.79 Å². The van der Waals surface area contributed by atoms with Crippen LogP contribution in [0.3, 0.4) is 0 Å². The van der Waals surface area contributed by atoms with Crippen molar-refractivity contribution in [3.05, 3.63) is 84.9 Å². The van der Waals surface area contributed by atoms with Crippen LogP contribution in [-0.4, -0.2) is 5.25 Å². The summed E-state index contributed by atoms with van der Waals surface area (Å²) in [7, 11) is 0.198. The standard InChI is InChI=1S/C24H25S2/c1-4-10-20(11-5-1)25-21-16-18-24(19-17-21)26(22-12-6-2-7-13-22)23-14-8-3-9-15-23/h1-2,4-7,10-13,16-19,23H,3,8-9,14-15H2/q+1. The van der Waals surface area contributed by atoms with E-state index in [1.807, 2.05) is 11.8 Å². The van der Waals surface area contributed by atoms with E-state index in [1.54, 1.807) is 0 Å². The molecule has 0 spiro atoms. The Hall–Kier alpha value is -1.64. The zero-order valence-corrected chi connectivity index (χ0v) is 16.6. The molecule has 0 saturated heterocycles. The quantitative estimate of drug-likeness (QED) is 0.423. The summed E-state index contributed by atoms with van der Waals surface area (Å²) in [4.78, 5) is 5.62. The second kappa shape index (κ2) is 8.83. The van der Waals surface area contributed by atoms with Crippen molar-refractivity contribution in [2.75, 3.05) is 0 Å². The highest BCUT2D eigenvalue weighted by atomic mass is 32.2. The first kappa shape index (κ1) is 17.8. The summed E-state index contributed by atoms with van der Waals surface area (Å²) in [5, 5.41) is 0.804. The number of rotatable bonds is 5. The van der Waals surface area contributed by atoms with Crippen molar-refractivity contribution < 1.29 is 0 Å². The molecule has 1 saturated carbocycles. The highest BCUT2D eigenvalue weighted by Crippen LogP contribution is 2.36. The van der Waals surface area contributed by atoms with Gasteiger partial charge in [-0.05, 0) is 74.2 Å². The summed E-state index contributed by atoms with van der Waals surface area (Å²) in [5.74, 6) is 0. The van der Waals surface area contributed by atoms with Gasteiger partial charge in [0.25, 0.3) is 0 Å². The minimum absolute atomic E-state index is 0.198. The highest BCUT2D eigenvalue weighted by molar-refractivity contribution is 7.99. The van der Waals surface area contributed by atoms with Gasteiger partial charge in [0.2, 0.25) is 0 Å². The minimum atomic E-state index is 0.198. The molecular formula is C24H25S2+. The molecule has 0 heterocycles. The lowest BCUT2D eigenvalue weighted by molar-refractivity contribution is 0.512. The minimum Gasteiger partial charge on any atom is -0.0901 e. The van der Waals surface area contributed by atoms with E-state index in [9.17, 15) is 0 Å². The Morgan fingerprint density at radius 2 is 1.12 bits per heavy atom. The maximum Gasteiger partial charge on any atom is 0.161 e. The lowest BCUT2D eigenvalue weighted by Gasteiger charge is -2.22. The number of hydrogen-bond donors (Lipinski definition) is 0. The van der Waals surface area contributed by atoms with E-state index in [2.05, 4.69) is 84.9 Å². The Balaban J connectivity index is 1.59. The van der Waals surface area contributed by atoms with Crippen molar-refractivity contribution >= 4 is 22.7 Å². The van der Waals surface area contributed by atoms with Gasteiger partial charge in [0.05, 0.1) is 10.9 Å². The molecule has 1 atom stereocenters. The van der Waals surface area contributed by atoms with Crippen molar-refractivity contribution in [3.8, 4) is 0 Å². The summed E-state index contributed by atoms with van der Waals surface area (Å²) in [5.41, 5.74) is 0. The van der Waals surface area contributed by atoms with E-state index in [0.29, 0.717) is 0 Å². The number of hydrogen-bond acceptors (Lipinski definition) is 1. The molecule has 0 bridgehead atoms. The Morgan fingerprint density at radius 3 is 1.77 bits per heavy atom. The van der Waals surface area contributed by atoms with E-state index < -0.39 is 0 Å². The first-order chi connectivity index (χ1) is 12.9. The summed E-state index contributed by atoms with van der Waals surface area (Å²) in [6.45, 7) is 0. The van der Waals surface area contributed by atoms with Crippen LogP contribution in [0, 0.1) is 0 Å². The maximum atomic E-state index is 2.37. The maximum absolute atomic E-state index is 2.37. The molecule has 0 radical (unpaired) electrons. The molecular weight excluding hydrogens is 352 g/mol. The van der Waals surface area contributed by atoms with Crippen LogP contribution in [0.4, 0.5) is 0 Å². The summed E-state index contributed by atoms with van der Waals surface area (Å²) >= 11 is 1.84. The second-order valence-electron chi connectivity index (χ2n) is 6.80. The van der Waals surface area contributed by atoms with E-state index >= 15 is 0 Å². The molecule has 1 unspecified atom stereocenters. The molecule has 132 valence electrons. The van der Waals surface area contributed by atoms with Crippen LogP contribution >= 0.6 is 11.8 Å². The Bertz CT molecular complexity index is 791. The molecule has 0 nitrogen and oxygen atoms in total. The van der Waals surface area contributed by atoms with Crippen molar-refractivity contribution in [2.45, 2.75) is 56.9 Å². The SMILES string of the molecule is c1ccc(Sc2ccc([S+](c3ccccc3)C3CCCCC3)cc2)cc1. The lowest BCUT2D eigenvalue weighted by atomic mass is 10.0. The van der Waals surface area contributed by atoms with E-state index in [-0.39, 0.29) is 10.9 Å². The van der Waals surface area contributed by atoms with Gasteiger partial charge in [0, 0.05) is 9.79 Å². The second-order valence-corrected chi connectivity index (χ2v) is 10.2. The molecule has 0 N–H and O–H groups in total. The smallest absolute Gasteiger partial charge is 0.0901 e. The molecule has 1 fully saturated rings. The van der Waals surface area contributed by atoms with Gasteiger partial charge < -0.3 is 0 Å². The topological polar surface area (TPSA) is 0 Å². The van der Waals surface area contributed by atoms with Gasteiger partial charge in [-0.1, -0.05) is 54.6 Å². The average molecular weight is 378 g/mol. The fourth-order valence-corrected chi connectivity index (χ4v) is 7.23. The third kappa shape index (κ3) is 4.36. The number of benzene rings is 3. The predicted octanol–water partition coefficient (Wildman–Crippen LogP) is 7.21. The normalized spacial score (nSPS) is 16.3. The predicted molar refractivity (Wildman–Crippen MR) is 114 cm³/mol. The van der Waals surface area contributed by atoms with E-state index in [0.717, 1.165) is 5.25 Å². The molecule has 0 aliphatic heterocycles. The van der Waals surface area contributed by atoms with Crippen LogP contribution in [0.1, 0.15) is 32.1 Å². The molecule has 4 rings (SSSR count). The van der Waals surface area contributed by atoms with Gasteiger partial charge in [-0.15, -0.1) is 0 Å². The Morgan fingerprint density at radius 1 is 0.577 bits per heavy atom. The molecule has 0 amide bonds.